The first-order chi connectivity index (χ1) is 12.9. The molecular formula is C19H23N3O4S. The number of carbonyl (C=O) groups excluding carboxylic acids is 1. The third-order valence-corrected chi connectivity index (χ3v) is 4.61. The predicted octanol–water partition coefficient (Wildman–Crippen LogP) is 2.30. The Balaban J connectivity index is 2.42. The zero-order valence-corrected chi connectivity index (χ0v) is 16.6. The highest BCUT2D eigenvalue weighted by Crippen LogP contribution is 2.33. The molecular weight excluding hydrogens is 366 g/mol. The predicted molar refractivity (Wildman–Crippen MR) is 104 cm³/mol. The molecule has 2 rings (SSSR count). The molecule has 1 N–H and O–H groups in total. The van der Waals surface area contributed by atoms with Crippen LogP contribution in [-0.4, -0.2) is 49.5 Å². The van der Waals surface area contributed by atoms with E-state index in [9.17, 15) is 4.79 Å². The SMILES string of the molecule is COC[C@H](C)N1C(=S)N[C@H](c2ccc(OCC#N)cc2)C(C(=O)OC)=C1C. The molecule has 0 bridgehead atoms. The molecule has 144 valence electrons. The maximum atomic E-state index is 12.5. The zero-order valence-electron chi connectivity index (χ0n) is 15.8. The molecule has 0 amide bonds. The van der Waals surface area contributed by atoms with E-state index in [1.807, 2.05) is 36.9 Å². The number of nitrogens with one attached hydrogen (secondary N) is 1. The number of hydrogen-bond donors (Lipinski definition) is 1. The standard InChI is InChI=1S/C19H23N3O4S/c1-12(11-24-3)22-13(2)16(18(23)25-4)17(21-19(22)27)14-5-7-15(8-6-14)26-10-9-20/h5-8,12,17H,10-11H2,1-4H3,(H,21,27)/t12-,17+/m0/s1. The number of allylic oxidation sites excluding steroid dienone is 1. The summed E-state index contributed by atoms with van der Waals surface area (Å²) in [5.74, 6) is 0.154. The number of ether oxygens (including phenoxy) is 3. The minimum absolute atomic E-state index is 0.0239. The van der Waals surface area contributed by atoms with Crippen LogP contribution in [0, 0.1) is 11.3 Å². The van der Waals surface area contributed by atoms with Gasteiger partial charge in [0.05, 0.1) is 31.4 Å². The number of nitriles is 1. The summed E-state index contributed by atoms with van der Waals surface area (Å²) in [4.78, 5) is 14.4. The molecule has 0 spiro atoms. The normalized spacial score (nSPS) is 17.8. The molecule has 0 radical (unpaired) electrons. The van der Waals surface area contributed by atoms with Crippen molar-refractivity contribution in [1.29, 1.82) is 5.26 Å². The third-order valence-electron chi connectivity index (χ3n) is 4.30. The molecule has 7 nitrogen and oxygen atoms in total. The summed E-state index contributed by atoms with van der Waals surface area (Å²) < 4.78 is 15.5. The topological polar surface area (TPSA) is 83.8 Å². The summed E-state index contributed by atoms with van der Waals surface area (Å²) in [5, 5.41) is 12.3. The van der Waals surface area contributed by atoms with Gasteiger partial charge in [0, 0.05) is 12.8 Å². The van der Waals surface area contributed by atoms with Crippen LogP contribution in [0.3, 0.4) is 0 Å². The molecule has 27 heavy (non-hydrogen) atoms. The van der Waals surface area contributed by atoms with E-state index in [0.29, 0.717) is 23.0 Å². The molecule has 1 aliphatic rings. The van der Waals surface area contributed by atoms with Gasteiger partial charge in [-0.25, -0.2) is 4.79 Å². The van der Waals surface area contributed by atoms with Gasteiger partial charge in [-0.1, -0.05) is 12.1 Å². The van der Waals surface area contributed by atoms with Gasteiger partial charge in [-0.2, -0.15) is 5.26 Å². The van der Waals surface area contributed by atoms with Gasteiger partial charge in [-0.05, 0) is 43.8 Å². The van der Waals surface area contributed by atoms with Crippen molar-refractivity contribution in [3.05, 3.63) is 41.1 Å². The van der Waals surface area contributed by atoms with Crippen LogP contribution in [0.1, 0.15) is 25.5 Å². The average Bonchev–Trinajstić information content (AvgIpc) is 2.66. The highest BCUT2D eigenvalue weighted by molar-refractivity contribution is 7.80. The van der Waals surface area contributed by atoms with Gasteiger partial charge in [0.2, 0.25) is 0 Å². The molecule has 1 heterocycles. The van der Waals surface area contributed by atoms with Crippen molar-refractivity contribution in [3.8, 4) is 11.8 Å². The Hall–Kier alpha value is -2.63. The highest BCUT2D eigenvalue weighted by Gasteiger charge is 2.36. The van der Waals surface area contributed by atoms with E-state index in [1.165, 1.54) is 7.11 Å². The van der Waals surface area contributed by atoms with Gasteiger partial charge < -0.3 is 24.4 Å². The number of carbonyl (C=O) groups is 1. The van der Waals surface area contributed by atoms with Crippen molar-refractivity contribution in [3.63, 3.8) is 0 Å². The average molecular weight is 389 g/mol. The summed E-state index contributed by atoms with van der Waals surface area (Å²) in [6, 6.07) is 8.60. The van der Waals surface area contributed by atoms with Crippen LogP contribution in [0.5, 0.6) is 5.75 Å². The lowest BCUT2D eigenvalue weighted by Crippen LogP contribution is -2.52. The fourth-order valence-electron chi connectivity index (χ4n) is 3.10. The van der Waals surface area contributed by atoms with Crippen LogP contribution >= 0.6 is 12.2 Å². The Labute approximate surface area is 164 Å². The Bertz CT molecular complexity index is 770. The molecule has 0 fully saturated rings. The lowest BCUT2D eigenvalue weighted by atomic mass is 9.94. The second-order valence-corrected chi connectivity index (χ2v) is 6.45. The van der Waals surface area contributed by atoms with Gasteiger partial charge in [-0.3, -0.25) is 0 Å². The quantitative estimate of drug-likeness (QED) is 0.562. The van der Waals surface area contributed by atoms with Crippen LogP contribution < -0.4 is 10.1 Å². The fraction of sp³-hybridized carbons (Fsp3) is 0.421. The lowest BCUT2D eigenvalue weighted by molar-refractivity contribution is -0.136. The van der Waals surface area contributed by atoms with Crippen LogP contribution in [0.15, 0.2) is 35.5 Å². The van der Waals surface area contributed by atoms with Gasteiger partial charge in [0.25, 0.3) is 0 Å². The largest absolute Gasteiger partial charge is 0.479 e. The molecule has 0 aliphatic carbocycles. The van der Waals surface area contributed by atoms with Crippen LogP contribution in [0.2, 0.25) is 0 Å². The molecule has 0 aromatic heterocycles. The Morgan fingerprint density at radius 2 is 2.04 bits per heavy atom. The van der Waals surface area contributed by atoms with Gasteiger partial charge in [0.1, 0.15) is 11.8 Å². The first kappa shape index (κ1) is 20.7. The van der Waals surface area contributed by atoms with Crippen LogP contribution in [0.25, 0.3) is 0 Å². The minimum atomic E-state index is -0.444. The van der Waals surface area contributed by atoms with E-state index in [-0.39, 0.29) is 12.6 Å². The van der Waals surface area contributed by atoms with E-state index in [1.54, 1.807) is 19.2 Å². The zero-order chi connectivity index (χ0) is 20.0. The molecule has 1 aromatic carbocycles. The smallest absolute Gasteiger partial charge is 0.337 e. The lowest BCUT2D eigenvalue weighted by Gasteiger charge is -2.40. The number of benzene rings is 1. The van der Waals surface area contributed by atoms with Crippen molar-refractivity contribution in [2.45, 2.75) is 25.9 Å². The summed E-state index contributed by atoms with van der Waals surface area (Å²) in [5.41, 5.74) is 2.05. The second kappa shape index (κ2) is 9.35. The number of nitrogens with zero attached hydrogens (tertiary/aromatic N) is 2. The molecule has 0 saturated heterocycles. The van der Waals surface area contributed by atoms with Crippen molar-refractivity contribution in [1.82, 2.24) is 10.2 Å². The Morgan fingerprint density at radius 1 is 1.37 bits per heavy atom. The molecule has 0 saturated carbocycles. The number of methoxy groups -OCH3 is 2. The van der Waals surface area contributed by atoms with Crippen molar-refractivity contribution < 1.29 is 19.0 Å². The van der Waals surface area contributed by atoms with Crippen LogP contribution in [-0.2, 0) is 14.3 Å². The van der Waals surface area contributed by atoms with Crippen molar-refractivity contribution in [2.75, 3.05) is 27.4 Å². The number of thiocarbonyl (C=S) groups is 1. The molecule has 0 unspecified atom stereocenters. The first-order valence-corrected chi connectivity index (χ1v) is 8.82. The van der Waals surface area contributed by atoms with Crippen molar-refractivity contribution >= 4 is 23.3 Å². The molecule has 1 aromatic rings. The minimum Gasteiger partial charge on any atom is -0.479 e. The van der Waals surface area contributed by atoms with E-state index < -0.39 is 12.0 Å². The van der Waals surface area contributed by atoms with Gasteiger partial charge in [-0.15, -0.1) is 0 Å². The van der Waals surface area contributed by atoms with Gasteiger partial charge in [0.15, 0.2) is 11.7 Å². The summed E-state index contributed by atoms with van der Waals surface area (Å²) in [6.07, 6.45) is 0. The molecule has 2 atom stereocenters. The Kier molecular flexibility index (Phi) is 7.16. The monoisotopic (exact) mass is 389 g/mol. The van der Waals surface area contributed by atoms with E-state index >= 15 is 0 Å². The number of hydrogen-bond acceptors (Lipinski definition) is 6. The second-order valence-electron chi connectivity index (χ2n) is 6.06. The first-order valence-electron chi connectivity index (χ1n) is 8.42. The number of esters is 1. The van der Waals surface area contributed by atoms with E-state index in [4.69, 9.17) is 31.7 Å². The summed E-state index contributed by atoms with van der Waals surface area (Å²) >= 11 is 5.54. The summed E-state index contributed by atoms with van der Waals surface area (Å²) in [7, 11) is 2.98. The fourth-order valence-corrected chi connectivity index (χ4v) is 3.53. The van der Waals surface area contributed by atoms with Gasteiger partial charge >= 0.3 is 5.97 Å². The maximum Gasteiger partial charge on any atom is 0.337 e. The third kappa shape index (κ3) is 4.56. The van der Waals surface area contributed by atoms with Crippen LogP contribution in [0.4, 0.5) is 0 Å². The number of rotatable bonds is 7. The highest BCUT2D eigenvalue weighted by atomic mass is 32.1. The Morgan fingerprint density at radius 3 is 2.59 bits per heavy atom. The van der Waals surface area contributed by atoms with Crippen molar-refractivity contribution in [2.24, 2.45) is 0 Å². The summed E-state index contributed by atoms with van der Waals surface area (Å²) in [6.45, 7) is 4.26. The molecule has 1 aliphatic heterocycles. The molecule has 8 heteroatoms. The maximum absolute atomic E-state index is 12.5. The van der Waals surface area contributed by atoms with E-state index in [2.05, 4.69) is 5.32 Å². The van der Waals surface area contributed by atoms with E-state index in [0.717, 1.165) is 11.3 Å².